The van der Waals surface area contributed by atoms with Crippen LogP contribution in [-0.4, -0.2) is 5.91 Å². The SMILES string of the molecule is Cc1cccc(CCC(=O)NCc2ccc(Cl)cc2Cl)c1. The molecule has 0 saturated heterocycles. The van der Waals surface area contributed by atoms with Crippen molar-refractivity contribution in [2.24, 2.45) is 0 Å². The van der Waals surface area contributed by atoms with Crippen molar-refractivity contribution in [2.45, 2.75) is 26.3 Å². The monoisotopic (exact) mass is 321 g/mol. The summed E-state index contributed by atoms with van der Waals surface area (Å²) in [5.41, 5.74) is 3.25. The molecule has 0 aliphatic heterocycles. The fraction of sp³-hybridized carbons (Fsp3) is 0.235. The fourth-order valence-electron chi connectivity index (χ4n) is 2.07. The lowest BCUT2D eigenvalue weighted by Crippen LogP contribution is -2.23. The van der Waals surface area contributed by atoms with E-state index in [-0.39, 0.29) is 5.91 Å². The Labute approximate surface area is 135 Å². The minimum Gasteiger partial charge on any atom is -0.352 e. The third kappa shape index (κ3) is 5.07. The van der Waals surface area contributed by atoms with Crippen molar-refractivity contribution in [1.82, 2.24) is 5.32 Å². The van der Waals surface area contributed by atoms with Gasteiger partial charge in [-0.05, 0) is 36.6 Å². The molecule has 0 radical (unpaired) electrons. The van der Waals surface area contributed by atoms with Crippen molar-refractivity contribution < 1.29 is 4.79 Å². The van der Waals surface area contributed by atoms with E-state index in [2.05, 4.69) is 11.4 Å². The topological polar surface area (TPSA) is 29.1 Å². The Kier molecular flexibility index (Phi) is 5.66. The summed E-state index contributed by atoms with van der Waals surface area (Å²) >= 11 is 11.9. The predicted octanol–water partition coefficient (Wildman–Crippen LogP) is 4.55. The first-order valence-electron chi connectivity index (χ1n) is 6.81. The normalized spacial score (nSPS) is 10.4. The van der Waals surface area contributed by atoms with Crippen molar-refractivity contribution in [3.63, 3.8) is 0 Å². The zero-order valence-electron chi connectivity index (χ0n) is 11.8. The second-order valence-corrected chi connectivity index (χ2v) is 5.85. The molecule has 0 bridgehead atoms. The van der Waals surface area contributed by atoms with E-state index in [1.54, 1.807) is 12.1 Å². The summed E-state index contributed by atoms with van der Waals surface area (Å²) in [4.78, 5) is 11.9. The zero-order chi connectivity index (χ0) is 15.2. The summed E-state index contributed by atoms with van der Waals surface area (Å²) in [6.07, 6.45) is 1.20. The highest BCUT2D eigenvalue weighted by molar-refractivity contribution is 6.35. The van der Waals surface area contributed by atoms with E-state index < -0.39 is 0 Å². The molecule has 0 aliphatic carbocycles. The van der Waals surface area contributed by atoms with E-state index in [0.717, 1.165) is 12.0 Å². The van der Waals surface area contributed by atoms with Crippen LogP contribution in [0.3, 0.4) is 0 Å². The van der Waals surface area contributed by atoms with Gasteiger partial charge in [0.1, 0.15) is 0 Å². The van der Waals surface area contributed by atoms with Crippen LogP contribution < -0.4 is 5.32 Å². The van der Waals surface area contributed by atoms with E-state index in [1.807, 2.05) is 31.2 Å². The Hall–Kier alpha value is -1.51. The number of hydrogen-bond donors (Lipinski definition) is 1. The fourth-order valence-corrected chi connectivity index (χ4v) is 2.55. The molecule has 4 heteroatoms. The lowest BCUT2D eigenvalue weighted by atomic mass is 10.1. The average molecular weight is 322 g/mol. The van der Waals surface area contributed by atoms with Crippen LogP contribution in [0.5, 0.6) is 0 Å². The molecule has 21 heavy (non-hydrogen) atoms. The molecule has 0 saturated carbocycles. The molecular weight excluding hydrogens is 305 g/mol. The van der Waals surface area contributed by atoms with Crippen LogP contribution in [0.15, 0.2) is 42.5 Å². The molecule has 2 aromatic rings. The van der Waals surface area contributed by atoms with Crippen molar-refractivity contribution in [3.8, 4) is 0 Å². The van der Waals surface area contributed by atoms with Gasteiger partial charge in [-0.2, -0.15) is 0 Å². The standard InChI is InChI=1S/C17H17Cl2NO/c1-12-3-2-4-13(9-12)5-8-17(21)20-11-14-6-7-15(18)10-16(14)19/h2-4,6-7,9-10H,5,8,11H2,1H3,(H,20,21). The van der Waals surface area contributed by atoms with Crippen LogP contribution in [0, 0.1) is 6.92 Å². The first kappa shape index (κ1) is 15.9. The van der Waals surface area contributed by atoms with Gasteiger partial charge in [-0.25, -0.2) is 0 Å². The predicted molar refractivity (Wildman–Crippen MR) is 87.8 cm³/mol. The van der Waals surface area contributed by atoms with E-state index in [9.17, 15) is 4.79 Å². The summed E-state index contributed by atoms with van der Waals surface area (Å²) in [5.74, 6) is 0.0162. The van der Waals surface area contributed by atoms with Crippen LogP contribution >= 0.6 is 23.2 Å². The molecule has 0 heterocycles. The number of rotatable bonds is 5. The maximum absolute atomic E-state index is 11.9. The molecule has 0 unspecified atom stereocenters. The average Bonchev–Trinajstić information content (AvgIpc) is 2.44. The number of benzene rings is 2. The Bertz CT molecular complexity index is 640. The summed E-state index contributed by atoms with van der Waals surface area (Å²) in [5, 5.41) is 4.04. The van der Waals surface area contributed by atoms with Crippen molar-refractivity contribution in [1.29, 1.82) is 0 Å². The van der Waals surface area contributed by atoms with Crippen LogP contribution in [-0.2, 0) is 17.8 Å². The Morgan fingerprint density at radius 3 is 2.67 bits per heavy atom. The number of carbonyl (C=O) groups excluding carboxylic acids is 1. The van der Waals surface area contributed by atoms with Crippen LogP contribution in [0.4, 0.5) is 0 Å². The van der Waals surface area contributed by atoms with Gasteiger partial charge >= 0.3 is 0 Å². The lowest BCUT2D eigenvalue weighted by molar-refractivity contribution is -0.121. The molecule has 2 rings (SSSR count). The number of halogens is 2. The number of aryl methyl sites for hydroxylation is 2. The van der Waals surface area contributed by atoms with E-state index in [4.69, 9.17) is 23.2 Å². The van der Waals surface area contributed by atoms with Crippen LogP contribution in [0.2, 0.25) is 10.0 Å². The minimum atomic E-state index is 0.0162. The largest absolute Gasteiger partial charge is 0.352 e. The number of nitrogens with one attached hydrogen (secondary N) is 1. The molecular formula is C17H17Cl2NO. The van der Waals surface area contributed by atoms with Crippen LogP contribution in [0.1, 0.15) is 23.1 Å². The highest BCUT2D eigenvalue weighted by Crippen LogP contribution is 2.20. The van der Waals surface area contributed by atoms with Crippen molar-refractivity contribution >= 4 is 29.1 Å². The van der Waals surface area contributed by atoms with Gasteiger partial charge in [-0.3, -0.25) is 4.79 Å². The molecule has 0 aliphatic rings. The molecule has 110 valence electrons. The zero-order valence-corrected chi connectivity index (χ0v) is 13.3. The van der Waals surface area contributed by atoms with Gasteiger partial charge in [0.05, 0.1) is 0 Å². The summed E-state index contributed by atoms with van der Waals surface area (Å²) in [6, 6.07) is 13.5. The van der Waals surface area contributed by atoms with Gasteiger partial charge in [0.25, 0.3) is 0 Å². The molecule has 2 nitrogen and oxygen atoms in total. The minimum absolute atomic E-state index is 0.0162. The number of hydrogen-bond acceptors (Lipinski definition) is 1. The van der Waals surface area contributed by atoms with Crippen molar-refractivity contribution in [3.05, 3.63) is 69.2 Å². The maximum Gasteiger partial charge on any atom is 0.220 e. The Morgan fingerprint density at radius 1 is 1.14 bits per heavy atom. The lowest BCUT2D eigenvalue weighted by Gasteiger charge is -2.08. The Balaban J connectivity index is 1.82. The quantitative estimate of drug-likeness (QED) is 0.859. The molecule has 0 atom stereocenters. The van der Waals surface area contributed by atoms with Gasteiger partial charge in [0.15, 0.2) is 0 Å². The summed E-state index contributed by atoms with van der Waals surface area (Å²) < 4.78 is 0. The molecule has 0 fully saturated rings. The second-order valence-electron chi connectivity index (χ2n) is 5.00. The number of carbonyl (C=O) groups is 1. The van der Waals surface area contributed by atoms with E-state index in [1.165, 1.54) is 11.1 Å². The third-order valence-corrected chi connectivity index (χ3v) is 3.80. The highest BCUT2D eigenvalue weighted by atomic mass is 35.5. The molecule has 2 aromatic carbocycles. The smallest absolute Gasteiger partial charge is 0.220 e. The molecule has 0 aromatic heterocycles. The summed E-state index contributed by atoms with van der Waals surface area (Å²) in [6.45, 7) is 2.47. The van der Waals surface area contributed by atoms with Gasteiger partial charge < -0.3 is 5.32 Å². The molecule has 0 spiro atoms. The third-order valence-electron chi connectivity index (χ3n) is 3.21. The first-order valence-corrected chi connectivity index (χ1v) is 7.56. The van der Waals surface area contributed by atoms with Gasteiger partial charge in [-0.15, -0.1) is 0 Å². The number of amides is 1. The van der Waals surface area contributed by atoms with Crippen LogP contribution in [0.25, 0.3) is 0 Å². The Morgan fingerprint density at radius 2 is 1.95 bits per heavy atom. The molecule has 1 amide bonds. The highest BCUT2D eigenvalue weighted by Gasteiger charge is 2.05. The van der Waals surface area contributed by atoms with Gasteiger partial charge in [0, 0.05) is 23.0 Å². The van der Waals surface area contributed by atoms with Gasteiger partial charge in [-0.1, -0.05) is 59.1 Å². The molecule has 1 N–H and O–H groups in total. The first-order chi connectivity index (χ1) is 10.0. The summed E-state index contributed by atoms with van der Waals surface area (Å²) in [7, 11) is 0. The van der Waals surface area contributed by atoms with E-state index >= 15 is 0 Å². The van der Waals surface area contributed by atoms with Crippen molar-refractivity contribution in [2.75, 3.05) is 0 Å². The second kappa shape index (κ2) is 7.48. The maximum atomic E-state index is 11.9. The van der Waals surface area contributed by atoms with Gasteiger partial charge in [0.2, 0.25) is 5.91 Å². The van der Waals surface area contributed by atoms with E-state index in [0.29, 0.717) is 23.0 Å².